The third-order valence-electron chi connectivity index (χ3n) is 2.24. The molecule has 0 saturated heterocycles. The van der Waals surface area contributed by atoms with Crippen LogP contribution in [-0.4, -0.2) is 16.9 Å². The minimum Gasteiger partial charge on any atom is -0.478 e. The number of benzene rings is 1. The molecule has 1 rings (SSSR count). The van der Waals surface area contributed by atoms with Crippen molar-refractivity contribution in [3.63, 3.8) is 0 Å². The zero-order valence-corrected chi connectivity index (χ0v) is 10.3. The minimum atomic E-state index is -4.65. The Balaban J connectivity index is 3.42. The second-order valence-corrected chi connectivity index (χ2v) is 4.00. The molecule has 0 fully saturated rings. The molecule has 0 saturated carbocycles. The third kappa shape index (κ3) is 3.57. The number of rotatable bonds is 3. The first-order chi connectivity index (χ1) is 8.64. The smallest absolute Gasteiger partial charge is 0.417 e. The van der Waals surface area contributed by atoms with Crippen LogP contribution in [0.25, 0.3) is 6.08 Å². The van der Waals surface area contributed by atoms with E-state index in [1.54, 1.807) is 0 Å². The predicted octanol–water partition coefficient (Wildman–Crippen LogP) is 3.42. The van der Waals surface area contributed by atoms with Crippen molar-refractivity contribution in [3.05, 3.63) is 39.9 Å². The topological polar surface area (TPSA) is 54.4 Å². The van der Waals surface area contributed by atoms with Gasteiger partial charge in [-0.25, -0.2) is 4.79 Å². The highest BCUT2D eigenvalue weighted by atomic mass is 35.5. The van der Waals surface area contributed by atoms with Crippen molar-refractivity contribution in [1.82, 2.24) is 0 Å². The van der Waals surface area contributed by atoms with Crippen molar-refractivity contribution in [1.29, 1.82) is 0 Å². The average Bonchev–Trinajstić information content (AvgIpc) is 2.24. The van der Waals surface area contributed by atoms with Crippen LogP contribution in [0.1, 0.15) is 18.1 Å². The highest BCUT2D eigenvalue weighted by Gasteiger charge is 2.33. The van der Waals surface area contributed by atoms with Crippen LogP contribution < -0.4 is 0 Å². The van der Waals surface area contributed by atoms with Crippen molar-refractivity contribution < 1.29 is 27.9 Å². The van der Waals surface area contributed by atoms with Gasteiger partial charge in [0.2, 0.25) is 0 Å². The van der Waals surface area contributed by atoms with E-state index in [2.05, 4.69) is 0 Å². The zero-order chi connectivity index (χ0) is 14.8. The molecule has 3 nitrogen and oxygen atoms in total. The van der Waals surface area contributed by atoms with Crippen LogP contribution in [-0.2, 0) is 15.8 Å². The van der Waals surface area contributed by atoms with Gasteiger partial charge in [-0.05, 0) is 24.6 Å². The Labute approximate surface area is 111 Å². The van der Waals surface area contributed by atoms with Gasteiger partial charge in [0.1, 0.15) is 5.57 Å². The summed E-state index contributed by atoms with van der Waals surface area (Å²) in [7, 11) is 0. The van der Waals surface area contributed by atoms with Crippen LogP contribution in [0.15, 0.2) is 23.8 Å². The second kappa shape index (κ2) is 5.44. The Bertz CT molecular complexity index is 546. The molecule has 0 amide bonds. The monoisotopic (exact) mass is 292 g/mol. The van der Waals surface area contributed by atoms with Crippen LogP contribution in [0.5, 0.6) is 0 Å². The lowest BCUT2D eigenvalue weighted by molar-refractivity contribution is -0.137. The molecule has 0 aromatic heterocycles. The Morgan fingerprint density at radius 1 is 1.32 bits per heavy atom. The fraction of sp³-hybridized carbons (Fsp3) is 0.167. The van der Waals surface area contributed by atoms with E-state index >= 15 is 0 Å². The number of carboxylic acid groups (broad SMARTS) is 1. The van der Waals surface area contributed by atoms with Gasteiger partial charge >= 0.3 is 12.1 Å². The van der Waals surface area contributed by atoms with Gasteiger partial charge < -0.3 is 5.11 Å². The van der Waals surface area contributed by atoms with Crippen LogP contribution >= 0.6 is 11.6 Å². The molecule has 0 aliphatic rings. The summed E-state index contributed by atoms with van der Waals surface area (Å²) in [6, 6.07) is 3.05. The van der Waals surface area contributed by atoms with E-state index in [1.165, 1.54) is 6.07 Å². The van der Waals surface area contributed by atoms with Gasteiger partial charge in [0, 0.05) is 0 Å². The maximum absolute atomic E-state index is 12.6. The molecular formula is C12H8ClF3O3. The number of hydrogen-bond donors (Lipinski definition) is 1. The SMILES string of the molecule is CC(=O)C(=Cc1cccc(C(F)(F)F)c1Cl)C(=O)O. The van der Waals surface area contributed by atoms with Gasteiger partial charge in [0.05, 0.1) is 10.6 Å². The summed E-state index contributed by atoms with van der Waals surface area (Å²) in [6.45, 7) is 1.00. The summed E-state index contributed by atoms with van der Waals surface area (Å²) in [5, 5.41) is 8.13. The molecule has 0 aliphatic heterocycles. The summed E-state index contributed by atoms with van der Waals surface area (Å²) in [6.07, 6.45) is -3.83. The second-order valence-electron chi connectivity index (χ2n) is 3.63. The molecule has 1 aromatic carbocycles. The number of carboxylic acids is 1. The van der Waals surface area contributed by atoms with Gasteiger partial charge in [0.15, 0.2) is 5.78 Å². The summed E-state index contributed by atoms with van der Waals surface area (Å²) in [5.41, 5.74) is -1.90. The Hall–Kier alpha value is -1.82. The molecule has 0 spiro atoms. The van der Waals surface area contributed by atoms with Crippen molar-refractivity contribution in [2.45, 2.75) is 13.1 Å². The van der Waals surface area contributed by atoms with Crippen LogP contribution in [0, 0.1) is 0 Å². The number of carbonyl (C=O) groups is 2. The molecule has 0 unspecified atom stereocenters. The number of aliphatic carboxylic acids is 1. The summed E-state index contributed by atoms with van der Waals surface area (Å²) in [5.74, 6) is -2.30. The first-order valence-electron chi connectivity index (χ1n) is 4.96. The highest BCUT2D eigenvalue weighted by Crippen LogP contribution is 2.36. The Kier molecular flexibility index (Phi) is 4.36. The average molecular weight is 293 g/mol. The molecule has 0 atom stereocenters. The van der Waals surface area contributed by atoms with Crippen molar-refractivity contribution >= 4 is 29.4 Å². The van der Waals surface area contributed by atoms with E-state index in [0.717, 1.165) is 25.1 Å². The van der Waals surface area contributed by atoms with E-state index < -0.39 is 34.1 Å². The normalized spacial score (nSPS) is 12.4. The molecule has 0 heterocycles. The molecule has 0 bridgehead atoms. The van der Waals surface area contributed by atoms with E-state index in [1.807, 2.05) is 0 Å². The molecule has 19 heavy (non-hydrogen) atoms. The Morgan fingerprint density at radius 2 is 1.89 bits per heavy atom. The number of ketones is 1. The van der Waals surface area contributed by atoms with Gasteiger partial charge in [-0.1, -0.05) is 23.7 Å². The molecule has 0 aliphatic carbocycles. The number of Topliss-reactive ketones (excluding diaryl/α,β-unsaturated/α-hetero) is 1. The standard InChI is InChI=1S/C12H8ClF3O3/c1-6(17)8(11(18)19)5-7-3-2-4-9(10(7)13)12(14,15)16/h2-5H,1H3,(H,18,19). The highest BCUT2D eigenvalue weighted by molar-refractivity contribution is 6.33. The van der Waals surface area contributed by atoms with E-state index in [9.17, 15) is 22.8 Å². The molecule has 7 heteroatoms. The lowest BCUT2D eigenvalue weighted by Crippen LogP contribution is -2.09. The molecule has 1 N–H and O–H groups in total. The fourth-order valence-electron chi connectivity index (χ4n) is 1.35. The lowest BCUT2D eigenvalue weighted by atomic mass is 10.1. The predicted molar refractivity (Wildman–Crippen MR) is 62.7 cm³/mol. The summed E-state index contributed by atoms with van der Waals surface area (Å²) >= 11 is 5.58. The molecule has 0 radical (unpaired) electrons. The lowest BCUT2D eigenvalue weighted by Gasteiger charge is -2.10. The zero-order valence-electron chi connectivity index (χ0n) is 9.58. The fourth-order valence-corrected chi connectivity index (χ4v) is 1.64. The number of hydrogen-bond acceptors (Lipinski definition) is 2. The third-order valence-corrected chi connectivity index (χ3v) is 2.67. The van der Waals surface area contributed by atoms with Gasteiger partial charge in [-0.15, -0.1) is 0 Å². The van der Waals surface area contributed by atoms with E-state index in [4.69, 9.17) is 16.7 Å². The van der Waals surface area contributed by atoms with Crippen molar-refractivity contribution in [3.8, 4) is 0 Å². The van der Waals surface area contributed by atoms with Gasteiger partial charge in [-0.3, -0.25) is 4.79 Å². The summed E-state index contributed by atoms with van der Waals surface area (Å²) in [4.78, 5) is 21.9. The maximum atomic E-state index is 12.6. The molecular weight excluding hydrogens is 285 g/mol. The first-order valence-corrected chi connectivity index (χ1v) is 5.34. The largest absolute Gasteiger partial charge is 0.478 e. The molecule has 102 valence electrons. The van der Waals surface area contributed by atoms with Gasteiger partial charge in [-0.2, -0.15) is 13.2 Å². The van der Waals surface area contributed by atoms with Crippen molar-refractivity contribution in [2.24, 2.45) is 0 Å². The van der Waals surface area contributed by atoms with Crippen molar-refractivity contribution in [2.75, 3.05) is 0 Å². The number of carbonyl (C=O) groups excluding carboxylic acids is 1. The van der Waals surface area contributed by atoms with E-state index in [0.29, 0.717) is 0 Å². The number of halogens is 4. The first kappa shape index (κ1) is 15.2. The Morgan fingerprint density at radius 3 is 2.32 bits per heavy atom. The van der Waals surface area contributed by atoms with E-state index in [-0.39, 0.29) is 5.56 Å². The minimum absolute atomic E-state index is 0.177. The maximum Gasteiger partial charge on any atom is 0.417 e. The van der Waals surface area contributed by atoms with Crippen LogP contribution in [0.2, 0.25) is 5.02 Å². The number of alkyl halides is 3. The van der Waals surface area contributed by atoms with Crippen LogP contribution in [0.4, 0.5) is 13.2 Å². The summed E-state index contributed by atoms with van der Waals surface area (Å²) < 4.78 is 37.8. The van der Waals surface area contributed by atoms with Crippen LogP contribution in [0.3, 0.4) is 0 Å². The molecule has 1 aromatic rings. The van der Waals surface area contributed by atoms with Gasteiger partial charge in [0.25, 0.3) is 0 Å². The quantitative estimate of drug-likeness (QED) is 0.527.